The molecule has 5 nitrogen and oxygen atoms in total. The second-order valence-corrected chi connectivity index (χ2v) is 0.519. The minimum absolute atomic E-state index is 0. The molecule has 54 valence electrons. The Morgan fingerprint density at radius 1 is 1.25 bits per heavy atom. The van der Waals surface area contributed by atoms with Crippen LogP contribution in [0.2, 0.25) is 0 Å². The maximum atomic E-state index is 9.00. The molecule has 0 amide bonds. The van der Waals surface area contributed by atoms with E-state index < -0.39 is 5.97 Å². The van der Waals surface area contributed by atoms with Gasteiger partial charge in [0.05, 0.1) is 0 Å². The third kappa shape index (κ3) is 10200. The summed E-state index contributed by atoms with van der Waals surface area (Å²) in [7, 11) is 0. The SMILES string of the molecule is CC(=O)O.O.O.O.[Cr]. The van der Waals surface area contributed by atoms with Crippen molar-refractivity contribution in [2.45, 2.75) is 6.92 Å². The molecule has 0 aromatic heterocycles. The predicted octanol–water partition coefficient (Wildman–Crippen LogP) is -2.39. The van der Waals surface area contributed by atoms with Crippen LogP contribution < -0.4 is 0 Å². The molecular formula is C2H10CrO5. The Kier molecular flexibility index (Phi) is 161. The van der Waals surface area contributed by atoms with Gasteiger partial charge in [-0.15, -0.1) is 0 Å². The van der Waals surface area contributed by atoms with E-state index in [9.17, 15) is 0 Å². The Morgan fingerprint density at radius 2 is 1.25 bits per heavy atom. The molecule has 0 bridgehead atoms. The van der Waals surface area contributed by atoms with Crippen molar-refractivity contribution in [2.75, 3.05) is 0 Å². The van der Waals surface area contributed by atoms with Gasteiger partial charge in [-0.2, -0.15) is 0 Å². The summed E-state index contributed by atoms with van der Waals surface area (Å²) in [6.07, 6.45) is 0. The summed E-state index contributed by atoms with van der Waals surface area (Å²) in [5.74, 6) is -0.833. The summed E-state index contributed by atoms with van der Waals surface area (Å²) in [5, 5.41) is 7.42. The van der Waals surface area contributed by atoms with E-state index in [-0.39, 0.29) is 33.8 Å². The molecule has 6 heteroatoms. The molecule has 0 atom stereocenters. The van der Waals surface area contributed by atoms with Gasteiger partial charge in [-0.3, -0.25) is 4.79 Å². The van der Waals surface area contributed by atoms with E-state index in [1.807, 2.05) is 0 Å². The smallest absolute Gasteiger partial charge is 0.300 e. The maximum absolute atomic E-state index is 9.00. The van der Waals surface area contributed by atoms with Crippen molar-refractivity contribution in [3.05, 3.63) is 0 Å². The van der Waals surface area contributed by atoms with Crippen molar-refractivity contribution in [1.29, 1.82) is 0 Å². The van der Waals surface area contributed by atoms with Crippen LogP contribution in [0.4, 0.5) is 0 Å². The molecule has 0 aromatic rings. The molecular weight excluding hydrogens is 156 g/mol. The van der Waals surface area contributed by atoms with Gasteiger partial charge in [-0.25, -0.2) is 0 Å². The third-order valence-electron chi connectivity index (χ3n) is 0. The van der Waals surface area contributed by atoms with Gasteiger partial charge in [0, 0.05) is 24.3 Å². The molecule has 7 N–H and O–H groups in total. The fourth-order valence-corrected chi connectivity index (χ4v) is 0. The number of carboxylic acids is 1. The first-order valence-corrected chi connectivity index (χ1v) is 0.928. The second-order valence-electron chi connectivity index (χ2n) is 0.519. The van der Waals surface area contributed by atoms with Crippen LogP contribution in [0.5, 0.6) is 0 Å². The van der Waals surface area contributed by atoms with Crippen molar-refractivity contribution < 1.29 is 43.7 Å². The summed E-state index contributed by atoms with van der Waals surface area (Å²) in [6.45, 7) is 1.08. The zero-order chi connectivity index (χ0) is 3.58. The number of aliphatic carboxylic acids is 1. The van der Waals surface area contributed by atoms with Gasteiger partial charge in [0.2, 0.25) is 0 Å². The maximum Gasteiger partial charge on any atom is 0.300 e. The van der Waals surface area contributed by atoms with Crippen molar-refractivity contribution in [3.63, 3.8) is 0 Å². The van der Waals surface area contributed by atoms with Crippen molar-refractivity contribution in [2.24, 2.45) is 0 Å². The Hall–Kier alpha value is -0.118. The van der Waals surface area contributed by atoms with Gasteiger partial charge in [0.25, 0.3) is 5.97 Å². The fourth-order valence-electron chi connectivity index (χ4n) is 0. The molecule has 0 saturated carbocycles. The van der Waals surface area contributed by atoms with Gasteiger partial charge in [0.1, 0.15) is 0 Å². The van der Waals surface area contributed by atoms with E-state index in [1.165, 1.54) is 0 Å². The zero-order valence-corrected chi connectivity index (χ0v) is 5.54. The Bertz CT molecular complexity index is 33.4. The molecule has 0 heterocycles. The summed E-state index contributed by atoms with van der Waals surface area (Å²) in [4.78, 5) is 9.00. The molecule has 0 unspecified atom stereocenters. The number of carboxylic acid groups (broad SMARTS) is 1. The van der Waals surface area contributed by atoms with Crippen molar-refractivity contribution >= 4 is 5.97 Å². The van der Waals surface area contributed by atoms with E-state index >= 15 is 0 Å². The number of hydrogen-bond donors (Lipinski definition) is 1. The van der Waals surface area contributed by atoms with E-state index in [4.69, 9.17) is 9.90 Å². The summed E-state index contributed by atoms with van der Waals surface area (Å²) >= 11 is 0. The van der Waals surface area contributed by atoms with Gasteiger partial charge in [-0.05, 0) is 0 Å². The van der Waals surface area contributed by atoms with Crippen LogP contribution in [0.25, 0.3) is 0 Å². The first-order valence-electron chi connectivity index (χ1n) is 0.928. The molecule has 0 rings (SSSR count). The molecule has 0 radical (unpaired) electrons. The molecule has 0 spiro atoms. The minimum Gasteiger partial charge on any atom is -0.481 e. The first kappa shape index (κ1) is 44.9. The summed E-state index contributed by atoms with van der Waals surface area (Å²) in [5.41, 5.74) is 0. The normalized spacial score (nSPS) is 3.12. The summed E-state index contributed by atoms with van der Waals surface area (Å²) in [6, 6.07) is 0. The van der Waals surface area contributed by atoms with Crippen LogP contribution in [0.15, 0.2) is 0 Å². The van der Waals surface area contributed by atoms with E-state index in [2.05, 4.69) is 0 Å². The first-order chi connectivity index (χ1) is 1.73. The molecule has 0 aromatic carbocycles. The molecule has 0 saturated heterocycles. The molecule has 0 aliphatic heterocycles. The monoisotopic (exact) mass is 166 g/mol. The van der Waals surface area contributed by atoms with Crippen LogP contribution in [-0.4, -0.2) is 27.5 Å². The van der Waals surface area contributed by atoms with E-state index in [0.717, 1.165) is 6.92 Å². The third-order valence-corrected chi connectivity index (χ3v) is 0. The van der Waals surface area contributed by atoms with Crippen LogP contribution in [0, 0.1) is 0 Å². The Balaban J connectivity index is -0.00000000750. The standard InChI is InChI=1S/C2H4O2.Cr.3H2O/c1-2(3)4;;;;/h1H3,(H,3,4);;3*1H2. The average Bonchev–Trinajstić information content (AvgIpc) is 0.811. The topological polar surface area (TPSA) is 132 Å². The van der Waals surface area contributed by atoms with E-state index in [1.54, 1.807) is 0 Å². The number of carbonyl (C=O) groups is 1. The van der Waals surface area contributed by atoms with Crippen LogP contribution in [0.1, 0.15) is 6.92 Å². The van der Waals surface area contributed by atoms with Crippen molar-refractivity contribution in [1.82, 2.24) is 0 Å². The van der Waals surface area contributed by atoms with Crippen LogP contribution in [0.3, 0.4) is 0 Å². The minimum atomic E-state index is -0.833. The van der Waals surface area contributed by atoms with E-state index in [0.29, 0.717) is 0 Å². The fraction of sp³-hybridized carbons (Fsp3) is 0.500. The Labute approximate surface area is 57.4 Å². The Morgan fingerprint density at radius 3 is 1.25 bits per heavy atom. The largest absolute Gasteiger partial charge is 0.481 e. The van der Waals surface area contributed by atoms with Gasteiger partial charge < -0.3 is 21.5 Å². The molecule has 0 aliphatic rings. The number of hydrogen-bond acceptors (Lipinski definition) is 1. The molecule has 0 fully saturated rings. The van der Waals surface area contributed by atoms with Gasteiger partial charge in [0.15, 0.2) is 0 Å². The molecule has 8 heavy (non-hydrogen) atoms. The van der Waals surface area contributed by atoms with Crippen molar-refractivity contribution in [3.8, 4) is 0 Å². The zero-order valence-electron chi connectivity index (χ0n) is 4.26. The van der Waals surface area contributed by atoms with Crippen LogP contribution >= 0.6 is 0 Å². The average molecular weight is 166 g/mol. The van der Waals surface area contributed by atoms with Crippen LogP contribution in [-0.2, 0) is 22.2 Å². The predicted molar refractivity (Wildman–Crippen MR) is 24.2 cm³/mol. The quantitative estimate of drug-likeness (QED) is 0.430. The molecule has 0 aliphatic carbocycles. The second kappa shape index (κ2) is 28.7. The number of rotatable bonds is 0. The summed E-state index contributed by atoms with van der Waals surface area (Å²) < 4.78 is 0. The van der Waals surface area contributed by atoms with Gasteiger partial charge in [-0.1, -0.05) is 0 Å². The van der Waals surface area contributed by atoms with Gasteiger partial charge >= 0.3 is 0 Å².